The Morgan fingerprint density at radius 3 is 2.38 bits per heavy atom. The molecule has 0 aromatic heterocycles. The standard InChI is InChI=1S/C24H27NO4/c1-3-4-5-11-16-25-21(18-14-9-10-15-19(18)29-2)20(23(27)24(25)28)22(26)17-12-7-6-8-13-17/h6-10,12-15,21,26H,3-5,11,16H2,1-2H3/b22-20+/t21-/m1/s1. The Labute approximate surface area is 171 Å². The number of nitrogens with zero attached hydrogens (tertiary/aromatic N) is 1. The smallest absolute Gasteiger partial charge is 0.295 e. The SMILES string of the molecule is CCCCCCN1C(=O)C(=O)/C(=C(/O)c2ccccc2)[C@H]1c1ccccc1OC. The highest BCUT2D eigenvalue weighted by Gasteiger charge is 2.46. The number of aliphatic hydroxyl groups excluding tert-OH is 1. The number of unbranched alkanes of at least 4 members (excludes halogenated alkanes) is 3. The fraction of sp³-hybridized carbons (Fsp3) is 0.333. The van der Waals surface area contributed by atoms with Crippen LogP contribution in [-0.2, 0) is 9.59 Å². The molecule has 1 atom stereocenters. The van der Waals surface area contributed by atoms with Crippen molar-refractivity contribution in [2.24, 2.45) is 0 Å². The number of carbonyl (C=O) groups excluding carboxylic acids is 2. The van der Waals surface area contributed by atoms with E-state index in [1.165, 1.54) is 0 Å². The molecule has 152 valence electrons. The van der Waals surface area contributed by atoms with E-state index in [1.54, 1.807) is 42.3 Å². The van der Waals surface area contributed by atoms with Crippen molar-refractivity contribution in [3.05, 3.63) is 71.3 Å². The van der Waals surface area contributed by atoms with Gasteiger partial charge in [-0.3, -0.25) is 9.59 Å². The van der Waals surface area contributed by atoms with Gasteiger partial charge in [0.1, 0.15) is 11.5 Å². The lowest BCUT2D eigenvalue weighted by atomic mass is 9.94. The fourth-order valence-corrected chi connectivity index (χ4v) is 3.79. The number of amides is 1. The molecule has 5 heteroatoms. The maximum Gasteiger partial charge on any atom is 0.295 e. The second-order valence-corrected chi connectivity index (χ2v) is 7.16. The summed E-state index contributed by atoms with van der Waals surface area (Å²) in [5, 5.41) is 11.0. The zero-order valence-corrected chi connectivity index (χ0v) is 16.9. The van der Waals surface area contributed by atoms with Gasteiger partial charge in [0.15, 0.2) is 0 Å². The molecule has 1 N–H and O–H groups in total. The van der Waals surface area contributed by atoms with E-state index in [0.29, 0.717) is 23.4 Å². The molecule has 1 saturated heterocycles. The van der Waals surface area contributed by atoms with Crippen LogP contribution in [-0.4, -0.2) is 35.4 Å². The van der Waals surface area contributed by atoms with Crippen LogP contribution >= 0.6 is 0 Å². The molecular weight excluding hydrogens is 366 g/mol. The zero-order valence-electron chi connectivity index (χ0n) is 16.9. The van der Waals surface area contributed by atoms with Gasteiger partial charge >= 0.3 is 0 Å². The van der Waals surface area contributed by atoms with Gasteiger partial charge in [-0.15, -0.1) is 0 Å². The predicted octanol–water partition coefficient (Wildman–Crippen LogP) is 4.70. The van der Waals surface area contributed by atoms with Gasteiger partial charge in [0, 0.05) is 17.7 Å². The van der Waals surface area contributed by atoms with Crippen LogP contribution in [0.3, 0.4) is 0 Å². The van der Waals surface area contributed by atoms with Crippen molar-refractivity contribution in [2.45, 2.75) is 38.6 Å². The molecule has 0 unspecified atom stereocenters. The van der Waals surface area contributed by atoms with Crippen LogP contribution in [0, 0.1) is 0 Å². The summed E-state index contributed by atoms with van der Waals surface area (Å²) >= 11 is 0. The number of hydrogen-bond acceptors (Lipinski definition) is 4. The van der Waals surface area contributed by atoms with Gasteiger partial charge in [-0.05, 0) is 12.5 Å². The molecular formula is C24H27NO4. The van der Waals surface area contributed by atoms with Crippen molar-refractivity contribution in [2.75, 3.05) is 13.7 Å². The average Bonchev–Trinajstić information content (AvgIpc) is 3.01. The van der Waals surface area contributed by atoms with Crippen LogP contribution in [0.25, 0.3) is 5.76 Å². The van der Waals surface area contributed by atoms with E-state index in [1.807, 2.05) is 24.3 Å². The molecule has 2 aromatic rings. The third-order valence-corrected chi connectivity index (χ3v) is 5.27. The molecule has 1 amide bonds. The number of ether oxygens (including phenoxy) is 1. The van der Waals surface area contributed by atoms with E-state index in [9.17, 15) is 14.7 Å². The lowest BCUT2D eigenvalue weighted by Crippen LogP contribution is -2.30. The predicted molar refractivity (Wildman–Crippen MR) is 113 cm³/mol. The number of likely N-dealkylation sites (tertiary alicyclic amines) is 1. The van der Waals surface area contributed by atoms with Crippen molar-refractivity contribution < 1.29 is 19.4 Å². The van der Waals surface area contributed by atoms with Crippen LogP contribution < -0.4 is 4.74 Å². The highest BCUT2D eigenvalue weighted by Crippen LogP contribution is 2.42. The number of rotatable bonds is 8. The van der Waals surface area contributed by atoms with E-state index in [0.717, 1.165) is 25.7 Å². The first kappa shape index (κ1) is 20.6. The van der Waals surface area contributed by atoms with E-state index in [2.05, 4.69) is 6.92 Å². The van der Waals surface area contributed by atoms with E-state index in [4.69, 9.17) is 4.74 Å². The molecule has 1 heterocycles. The Hall–Kier alpha value is -3.08. The fourth-order valence-electron chi connectivity index (χ4n) is 3.79. The number of carbonyl (C=O) groups is 2. The topological polar surface area (TPSA) is 66.8 Å². The van der Waals surface area contributed by atoms with Crippen molar-refractivity contribution in [1.29, 1.82) is 0 Å². The lowest BCUT2D eigenvalue weighted by Gasteiger charge is -2.26. The summed E-state index contributed by atoms with van der Waals surface area (Å²) in [6.07, 6.45) is 3.95. The average molecular weight is 393 g/mol. The van der Waals surface area contributed by atoms with Gasteiger partial charge in [-0.2, -0.15) is 0 Å². The van der Waals surface area contributed by atoms with Crippen LogP contribution in [0.4, 0.5) is 0 Å². The van der Waals surface area contributed by atoms with Crippen molar-refractivity contribution in [3.63, 3.8) is 0 Å². The third kappa shape index (κ3) is 4.19. The molecule has 3 rings (SSSR count). The quantitative estimate of drug-likeness (QED) is 0.306. The monoisotopic (exact) mass is 393 g/mol. The first-order valence-electron chi connectivity index (χ1n) is 10.1. The molecule has 5 nitrogen and oxygen atoms in total. The first-order chi connectivity index (χ1) is 14.1. The molecule has 1 aliphatic heterocycles. The number of aliphatic hydroxyl groups is 1. The van der Waals surface area contributed by atoms with Crippen molar-refractivity contribution in [3.8, 4) is 5.75 Å². The second-order valence-electron chi connectivity index (χ2n) is 7.16. The van der Waals surface area contributed by atoms with E-state index >= 15 is 0 Å². The van der Waals surface area contributed by atoms with Gasteiger partial charge in [-0.25, -0.2) is 0 Å². The van der Waals surface area contributed by atoms with Crippen molar-refractivity contribution >= 4 is 17.4 Å². The number of para-hydroxylation sites is 1. The summed E-state index contributed by atoms with van der Waals surface area (Å²) in [5.41, 5.74) is 1.32. The number of Topliss-reactive ketones (excluding diaryl/α,β-unsaturated/α-hetero) is 1. The molecule has 0 spiro atoms. The van der Waals surface area contributed by atoms with Crippen LogP contribution in [0.1, 0.15) is 49.8 Å². The minimum atomic E-state index is -0.673. The molecule has 0 saturated carbocycles. The Kier molecular flexibility index (Phi) is 6.70. The molecule has 0 bridgehead atoms. The Bertz CT molecular complexity index is 904. The lowest BCUT2D eigenvalue weighted by molar-refractivity contribution is -0.139. The molecule has 0 aliphatic carbocycles. The van der Waals surface area contributed by atoms with Gasteiger partial charge < -0.3 is 14.7 Å². The maximum atomic E-state index is 13.0. The Morgan fingerprint density at radius 2 is 1.69 bits per heavy atom. The summed E-state index contributed by atoms with van der Waals surface area (Å²) in [6.45, 7) is 2.58. The number of ketones is 1. The molecule has 0 radical (unpaired) electrons. The van der Waals surface area contributed by atoms with Gasteiger partial charge in [-0.1, -0.05) is 74.7 Å². The Morgan fingerprint density at radius 1 is 1.00 bits per heavy atom. The summed E-state index contributed by atoms with van der Waals surface area (Å²) < 4.78 is 5.50. The summed E-state index contributed by atoms with van der Waals surface area (Å²) in [5.74, 6) is -0.805. The Balaban J connectivity index is 2.10. The third-order valence-electron chi connectivity index (χ3n) is 5.27. The number of methoxy groups -OCH3 is 1. The first-order valence-corrected chi connectivity index (χ1v) is 10.1. The van der Waals surface area contributed by atoms with Crippen LogP contribution in [0.15, 0.2) is 60.2 Å². The van der Waals surface area contributed by atoms with E-state index < -0.39 is 17.7 Å². The minimum absolute atomic E-state index is 0.112. The summed E-state index contributed by atoms with van der Waals surface area (Å²) in [7, 11) is 1.56. The number of hydrogen-bond donors (Lipinski definition) is 1. The van der Waals surface area contributed by atoms with Gasteiger partial charge in [0.05, 0.1) is 18.7 Å². The molecule has 2 aromatic carbocycles. The second kappa shape index (κ2) is 9.41. The maximum absolute atomic E-state index is 13.0. The number of benzene rings is 2. The highest BCUT2D eigenvalue weighted by atomic mass is 16.5. The summed E-state index contributed by atoms with van der Waals surface area (Å²) in [4.78, 5) is 27.4. The molecule has 1 aliphatic rings. The highest BCUT2D eigenvalue weighted by molar-refractivity contribution is 6.46. The normalized spacial score (nSPS) is 18.3. The zero-order chi connectivity index (χ0) is 20.8. The molecule has 29 heavy (non-hydrogen) atoms. The van der Waals surface area contributed by atoms with Crippen LogP contribution in [0.2, 0.25) is 0 Å². The van der Waals surface area contributed by atoms with Gasteiger partial charge in [0.25, 0.3) is 11.7 Å². The minimum Gasteiger partial charge on any atom is -0.507 e. The van der Waals surface area contributed by atoms with E-state index in [-0.39, 0.29) is 11.3 Å². The molecule has 1 fully saturated rings. The van der Waals surface area contributed by atoms with Crippen molar-refractivity contribution in [1.82, 2.24) is 4.90 Å². The summed E-state index contributed by atoms with van der Waals surface area (Å²) in [6, 6.07) is 15.5. The largest absolute Gasteiger partial charge is 0.507 e. The van der Waals surface area contributed by atoms with Crippen LogP contribution in [0.5, 0.6) is 5.75 Å². The van der Waals surface area contributed by atoms with Gasteiger partial charge in [0.2, 0.25) is 0 Å².